The maximum Gasteiger partial charge on any atom is 0.373 e. The average Bonchev–Trinajstić information content (AvgIpc) is 2.46. The van der Waals surface area contributed by atoms with E-state index in [0.29, 0.717) is 0 Å². The SMILES string of the molecule is C=C[Si]1(C=C)O[Si](C=C)(CC)O[Si](CC)(CC)O1. The molecule has 0 aromatic heterocycles. The lowest BCUT2D eigenvalue weighted by atomic mass is 10.9. The van der Waals surface area contributed by atoms with E-state index in [2.05, 4.69) is 40.5 Å². The van der Waals surface area contributed by atoms with Crippen LogP contribution in [0.15, 0.2) is 36.8 Å². The van der Waals surface area contributed by atoms with Gasteiger partial charge in [-0.15, -0.1) is 19.7 Å². The molecular formula is C12H24O3Si3. The van der Waals surface area contributed by atoms with Crippen molar-refractivity contribution in [2.75, 3.05) is 0 Å². The van der Waals surface area contributed by atoms with Crippen molar-refractivity contribution >= 4 is 25.7 Å². The molecule has 0 amide bonds. The van der Waals surface area contributed by atoms with Crippen LogP contribution in [0.1, 0.15) is 20.8 Å². The first-order chi connectivity index (χ1) is 8.49. The van der Waals surface area contributed by atoms with Crippen LogP contribution >= 0.6 is 0 Å². The second-order valence-corrected chi connectivity index (χ2v) is 15.1. The van der Waals surface area contributed by atoms with E-state index in [-0.39, 0.29) is 0 Å². The lowest BCUT2D eigenvalue weighted by molar-refractivity contribution is 0.236. The lowest BCUT2D eigenvalue weighted by Crippen LogP contribution is -2.68. The molecule has 102 valence electrons. The molecule has 0 aromatic carbocycles. The maximum atomic E-state index is 6.37. The van der Waals surface area contributed by atoms with Crippen LogP contribution in [-0.2, 0) is 12.3 Å². The van der Waals surface area contributed by atoms with Crippen molar-refractivity contribution < 1.29 is 12.3 Å². The van der Waals surface area contributed by atoms with E-state index in [1.165, 1.54) is 0 Å². The second kappa shape index (κ2) is 5.81. The van der Waals surface area contributed by atoms with Gasteiger partial charge in [0.1, 0.15) is 0 Å². The van der Waals surface area contributed by atoms with Crippen LogP contribution in [0.25, 0.3) is 0 Å². The Hall–Kier alpha value is -0.249. The van der Waals surface area contributed by atoms with Gasteiger partial charge >= 0.3 is 25.7 Å². The summed E-state index contributed by atoms with van der Waals surface area (Å²) in [7, 11) is -7.10. The fourth-order valence-corrected chi connectivity index (χ4v) is 17.1. The fraction of sp³-hybridized carbons (Fsp3) is 0.500. The molecule has 0 spiro atoms. The highest BCUT2D eigenvalue weighted by atomic mass is 28.5. The zero-order valence-electron chi connectivity index (χ0n) is 11.7. The Morgan fingerprint density at radius 3 is 1.67 bits per heavy atom. The molecule has 1 rings (SSSR count). The summed E-state index contributed by atoms with van der Waals surface area (Å²) >= 11 is 0. The van der Waals surface area contributed by atoms with Crippen molar-refractivity contribution in [2.45, 2.75) is 38.9 Å². The third kappa shape index (κ3) is 2.68. The van der Waals surface area contributed by atoms with Gasteiger partial charge in [0.2, 0.25) is 0 Å². The third-order valence-corrected chi connectivity index (χ3v) is 16.7. The number of hydrogen-bond acceptors (Lipinski definition) is 3. The monoisotopic (exact) mass is 300 g/mol. The van der Waals surface area contributed by atoms with E-state index in [4.69, 9.17) is 12.3 Å². The fourth-order valence-electron chi connectivity index (χ4n) is 2.10. The first-order valence-corrected chi connectivity index (χ1v) is 12.8. The van der Waals surface area contributed by atoms with Gasteiger partial charge < -0.3 is 12.3 Å². The van der Waals surface area contributed by atoms with Gasteiger partial charge in [0, 0.05) is 0 Å². The highest BCUT2D eigenvalue weighted by Crippen LogP contribution is 2.37. The van der Waals surface area contributed by atoms with Crippen molar-refractivity contribution in [2.24, 2.45) is 0 Å². The molecule has 0 N–H and O–H groups in total. The van der Waals surface area contributed by atoms with Crippen LogP contribution in [-0.4, -0.2) is 25.7 Å². The Bertz CT molecular complexity index is 333. The predicted octanol–water partition coefficient (Wildman–Crippen LogP) is 3.61. The third-order valence-electron chi connectivity index (χ3n) is 3.49. The van der Waals surface area contributed by atoms with Crippen LogP contribution < -0.4 is 0 Å². The first-order valence-electron chi connectivity index (χ1n) is 6.50. The highest BCUT2D eigenvalue weighted by molar-refractivity contribution is 6.99. The zero-order valence-corrected chi connectivity index (χ0v) is 14.7. The highest BCUT2D eigenvalue weighted by Gasteiger charge is 2.57. The van der Waals surface area contributed by atoms with E-state index in [9.17, 15) is 0 Å². The molecule has 1 aliphatic rings. The zero-order chi connectivity index (χ0) is 13.9. The van der Waals surface area contributed by atoms with E-state index in [1.54, 1.807) is 0 Å². The Labute approximate surface area is 114 Å². The minimum atomic E-state index is -2.53. The van der Waals surface area contributed by atoms with Crippen LogP contribution in [0.3, 0.4) is 0 Å². The smallest absolute Gasteiger partial charge is 0.373 e. The van der Waals surface area contributed by atoms with Crippen molar-refractivity contribution in [3.05, 3.63) is 36.8 Å². The van der Waals surface area contributed by atoms with Crippen LogP contribution in [0.4, 0.5) is 0 Å². The molecule has 0 aromatic rings. The predicted molar refractivity (Wildman–Crippen MR) is 82.6 cm³/mol. The van der Waals surface area contributed by atoms with E-state index in [1.807, 2.05) is 17.1 Å². The Balaban J connectivity index is 3.25. The van der Waals surface area contributed by atoms with Crippen molar-refractivity contribution in [1.29, 1.82) is 0 Å². The molecule has 0 bridgehead atoms. The van der Waals surface area contributed by atoms with Crippen molar-refractivity contribution in [3.8, 4) is 0 Å². The average molecular weight is 301 g/mol. The Kier molecular flexibility index (Phi) is 5.10. The summed E-state index contributed by atoms with van der Waals surface area (Å²) in [5, 5.41) is 0. The van der Waals surface area contributed by atoms with E-state index in [0.717, 1.165) is 18.1 Å². The molecule has 1 atom stereocenters. The molecule has 1 fully saturated rings. The molecule has 1 unspecified atom stereocenters. The van der Waals surface area contributed by atoms with Gasteiger partial charge in [0.25, 0.3) is 0 Å². The molecule has 1 heterocycles. The van der Waals surface area contributed by atoms with Gasteiger partial charge in [-0.25, -0.2) is 0 Å². The van der Waals surface area contributed by atoms with Gasteiger partial charge in [-0.3, -0.25) is 0 Å². The van der Waals surface area contributed by atoms with Crippen molar-refractivity contribution in [3.63, 3.8) is 0 Å². The summed E-state index contributed by atoms with van der Waals surface area (Å²) in [5.41, 5.74) is 5.52. The minimum Gasteiger partial charge on any atom is -0.412 e. The summed E-state index contributed by atoms with van der Waals surface area (Å²) in [6.07, 6.45) is 0. The summed E-state index contributed by atoms with van der Waals surface area (Å²) in [6, 6.07) is 2.70. The van der Waals surface area contributed by atoms with Gasteiger partial charge in [-0.05, 0) is 29.5 Å². The summed E-state index contributed by atoms with van der Waals surface area (Å²) in [4.78, 5) is 0. The molecule has 0 radical (unpaired) electrons. The standard InChI is InChI=1S/C12H24O3Si3/c1-7-16(8-2)13-17(9-3,10-4)15-18(11-5,12-6)14-16/h7-9H,1-3,10-12H2,4-6H3. The summed E-state index contributed by atoms with van der Waals surface area (Å²) < 4.78 is 18.9. The number of rotatable bonds is 6. The molecular weight excluding hydrogens is 276 g/mol. The second-order valence-electron chi connectivity index (χ2n) is 4.42. The van der Waals surface area contributed by atoms with Gasteiger partial charge in [-0.1, -0.05) is 26.5 Å². The topological polar surface area (TPSA) is 27.7 Å². The van der Waals surface area contributed by atoms with E-state index >= 15 is 0 Å². The first kappa shape index (κ1) is 15.8. The van der Waals surface area contributed by atoms with Crippen LogP contribution in [0, 0.1) is 0 Å². The number of hydrogen-bond donors (Lipinski definition) is 0. The normalized spacial score (nSPS) is 29.5. The Morgan fingerprint density at radius 2 is 1.33 bits per heavy atom. The lowest BCUT2D eigenvalue weighted by Gasteiger charge is -2.50. The Morgan fingerprint density at radius 1 is 0.778 bits per heavy atom. The molecule has 3 nitrogen and oxygen atoms in total. The molecule has 1 aliphatic heterocycles. The van der Waals surface area contributed by atoms with Crippen LogP contribution in [0.5, 0.6) is 0 Å². The quantitative estimate of drug-likeness (QED) is 0.701. The maximum absolute atomic E-state index is 6.37. The molecule has 0 saturated carbocycles. The van der Waals surface area contributed by atoms with Crippen molar-refractivity contribution in [1.82, 2.24) is 0 Å². The molecule has 6 heteroatoms. The van der Waals surface area contributed by atoms with Gasteiger partial charge in [0.05, 0.1) is 0 Å². The van der Waals surface area contributed by atoms with Gasteiger partial charge in [0.15, 0.2) is 0 Å². The van der Waals surface area contributed by atoms with Gasteiger partial charge in [-0.2, -0.15) is 0 Å². The molecule has 0 aliphatic carbocycles. The minimum absolute atomic E-state index is 0.852. The van der Waals surface area contributed by atoms with E-state index < -0.39 is 25.7 Å². The van der Waals surface area contributed by atoms with Crippen LogP contribution in [0.2, 0.25) is 18.1 Å². The summed E-state index contributed by atoms with van der Waals surface area (Å²) in [6.45, 7) is 18.1. The molecule has 18 heavy (non-hydrogen) atoms. The molecule has 1 saturated heterocycles. The summed E-state index contributed by atoms with van der Waals surface area (Å²) in [5.74, 6) is 0. The largest absolute Gasteiger partial charge is 0.412 e.